The number of nitrogens with zero attached hydrogens (tertiary/aromatic N) is 2. The molecule has 4 rings (SSSR count). The summed E-state index contributed by atoms with van der Waals surface area (Å²) in [5, 5.41) is 3.63. The van der Waals surface area contributed by atoms with Crippen molar-refractivity contribution in [1.29, 1.82) is 0 Å². The Bertz CT molecular complexity index is 1090. The molecule has 1 aliphatic rings. The first kappa shape index (κ1) is 24.4. The maximum atomic E-state index is 13.3. The lowest BCUT2D eigenvalue weighted by molar-refractivity contribution is 0.0349. The van der Waals surface area contributed by atoms with Crippen LogP contribution in [0.4, 0.5) is 10.5 Å². The number of urea groups is 1. The van der Waals surface area contributed by atoms with Gasteiger partial charge in [0.1, 0.15) is 11.5 Å². The van der Waals surface area contributed by atoms with E-state index in [0.717, 1.165) is 36.7 Å². The number of amides is 2. The molecule has 1 fully saturated rings. The first-order valence-corrected chi connectivity index (χ1v) is 12.0. The van der Waals surface area contributed by atoms with Gasteiger partial charge in [0.2, 0.25) is 0 Å². The van der Waals surface area contributed by atoms with E-state index in [9.17, 15) is 4.79 Å². The summed E-state index contributed by atoms with van der Waals surface area (Å²) >= 11 is 12.4. The quantitative estimate of drug-likeness (QED) is 0.403. The predicted molar refractivity (Wildman–Crippen MR) is 136 cm³/mol. The average molecular weight is 500 g/mol. The zero-order chi connectivity index (χ0) is 23.8. The Morgan fingerprint density at radius 1 is 0.971 bits per heavy atom. The summed E-state index contributed by atoms with van der Waals surface area (Å²) in [5.74, 6) is 1.48. The van der Waals surface area contributed by atoms with Gasteiger partial charge in [-0.05, 0) is 42.0 Å². The Kier molecular flexibility index (Phi) is 8.66. The SMILES string of the molecule is O=C(Nc1cccc(Cl)c1Cl)N(CCN1CCOCC1)Cc1cccc(Oc2ccccc2)c1. The fourth-order valence-electron chi connectivity index (χ4n) is 3.69. The number of hydrogen-bond acceptors (Lipinski definition) is 4. The summed E-state index contributed by atoms with van der Waals surface area (Å²) < 4.78 is 11.4. The van der Waals surface area contributed by atoms with Crippen molar-refractivity contribution >= 4 is 34.9 Å². The number of benzene rings is 3. The minimum Gasteiger partial charge on any atom is -0.457 e. The molecule has 6 nitrogen and oxygen atoms in total. The van der Waals surface area contributed by atoms with E-state index in [0.29, 0.717) is 42.0 Å². The van der Waals surface area contributed by atoms with E-state index in [1.54, 1.807) is 23.1 Å². The lowest BCUT2D eigenvalue weighted by atomic mass is 10.2. The molecule has 0 spiro atoms. The van der Waals surface area contributed by atoms with Gasteiger partial charge in [0.25, 0.3) is 0 Å². The molecule has 0 atom stereocenters. The van der Waals surface area contributed by atoms with Crippen LogP contribution < -0.4 is 10.1 Å². The van der Waals surface area contributed by atoms with E-state index in [1.165, 1.54) is 0 Å². The smallest absolute Gasteiger partial charge is 0.322 e. The van der Waals surface area contributed by atoms with Gasteiger partial charge in [-0.1, -0.05) is 59.6 Å². The molecule has 2 amide bonds. The number of nitrogens with one attached hydrogen (secondary N) is 1. The Hall–Kier alpha value is -2.77. The maximum absolute atomic E-state index is 13.3. The summed E-state index contributed by atoms with van der Waals surface area (Å²) in [7, 11) is 0. The van der Waals surface area contributed by atoms with Crippen molar-refractivity contribution in [3.05, 3.63) is 88.4 Å². The van der Waals surface area contributed by atoms with Crippen LogP contribution in [0, 0.1) is 0 Å². The molecule has 8 heteroatoms. The van der Waals surface area contributed by atoms with Crippen LogP contribution in [0.25, 0.3) is 0 Å². The molecule has 178 valence electrons. The molecular weight excluding hydrogens is 473 g/mol. The molecule has 1 saturated heterocycles. The summed E-state index contributed by atoms with van der Waals surface area (Å²) in [6.45, 7) is 4.85. The molecule has 3 aromatic rings. The third-order valence-electron chi connectivity index (χ3n) is 5.52. The molecule has 1 N–H and O–H groups in total. The molecule has 3 aromatic carbocycles. The highest BCUT2D eigenvalue weighted by Gasteiger charge is 2.19. The Morgan fingerprint density at radius 3 is 2.50 bits per heavy atom. The fourth-order valence-corrected chi connectivity index (χ4v) is 4.03. The van der Waals surface area contributed by atoms with E-state index in [4.69, 9.17) is 32.7 Å². The van der Waals surface area contributed by atoms with Crippen LogP contribution in [0.2, 0.25) is 10.0 Å². The number of rotatable bonds is 8. The first-order chi connectivity index (χ1) is 16.6. The summed E-state index contributed by atoms with van der Waals surface area (Å²) in [6, 6.07) is 22.3. The van der Waals surface area contributed by atoms with Crippen LogP contribution in [0.3, 0.4) is 0 Å². The number of carbonyl (C=O) groups is 1. The Morgan fingerprint density at radius 2 is 1.71 bits per heavy atom. The number of para-hydroxylation sites is 1. The number of ether oxygens (including phenoxy) is 2. The normalized spacial score (nSPS) is 13.9. The number of halogens is 2. The molecule has 0 unspecified atom stereocenters. The van der Waals surface area contributed by atoms with Gasteiger partial charge in [0.15, 0.2) is 0 Å². The maximum Gasteiger partial charge on any atom is 0.322 e. The molecule has 34 heavy (non-hydrogen) atoms. The predicted octanol–water partition coefficient (Wildman–Crippen LogP) is 6.15. The summed E-state index contributed by atoms with van der Waals surface area (Å²) in [4.78, 5) is 17.3. The second-order valence-corrected chi connectivity index (χ2v) is 8.75. The Labute approximate surface area is 210 Å². The summed E-state index contributed by atoms with van der Waals surface area (Å²) in [5.41, 5.74) is 1.44. The van der Waals surface area contributed by atoms with Crippen molar-refractivity contribution in [2.24, 2.45) is 0 Å². The number of hydrogen-bond donors (Lipinski definition) is 1. The Balaban J connectivity index is 1.48. The fraction of sp³-hybridized carbons (Fsp3) is 0.269. The topological polar surface area (TPSA) is 54.0 Å². The molecule has 1 aliphatic heterocycles. The second kappa shape index (κ2) is 12.1. The summed E-state index contributed by atoms with van der Waals surface area (Å²) in [6.07, 6.45) is 0. The molecule has 0 radical (unpaired) electrons. The highest BCUT2D eigenvalue weighted by molar-refractivity contribution is 6.43. The lowest BCUT2D eigenvalue weighted by Gasteiger charge is -2.30. The van der Waals surface area contributed by atoms with Gasteiger partial charge in [-0.15, -0.1) is 0 Å². The van der Waals surface area contributed by atoms with Crippen molar-refractivity contribution in [1.82, 2.24) is 9.80 Å². The average Bonchev–Trinajstić information content (AvgIpc) is 2.86. The van der Waals surface area contributed by atoms with E-state index in [-0.39, 0.29) is 6.03 Å². The van der Waals surface area contributed by atoms with Gasteiger partial charge in [-0.2, -0.15) is 0 Å². The standard InChI is InChI=1S/C26H27Cl2N3O3/c27-23-10-5-11-24(25(23)28)29-26(32)31(13-12-30-14-16-33-17-15-30)19-20-6-4-9-22(18-20)34-21-7-2-1-3-8-21/h1-11,18H,12-17,19H2,(H,29,32). The molecule has 0 aromatic heterocycles. The van der Waals surface area contributed by atoms with Crippen molar-refractivity contribution in [3.63, 3.8) is 0 Å². The molecular formula is C26H27Cl2N3O3. The number of morpholine rings is 1. The van der Waals surface area contributed by atoms with Crippen LogP contribution >= 0.6 is 23.2 Å². The van der Waals surface area contributed by atoms with Crippen LogP contribution in [0.1, 0.15) is 5.56 Å². The van der Waals surface area contributed by atoms with Crippen molar-refractivity contribution in [3.8, 4) is 11.5 Å². The van der Waals surface area contributed by atoms with Gasteiger partial charge in [-0.3, -0.25) is 4.90 Å². The van der Waals surface area contributed by atoms with Crippen LogP contribution in [-0.2, 0) is 11.3 Å². The van der Waals surface area contributed by atoms with Crippen molar-refractivity contribution in [2.75, 3.05) is 44.7 Å². The van der Waals surface area contributed by atoms with Gasteiger partial charge >= 0.3 is 6.03 Å². The third kappa shape index (κ3) is 6.87. The lowest BCUT2D eigenvalue weighted by Crippen LogP contribution is -2.44. The zero-order valence-electron chi connectivity index (χ0n) is 18.8. The first-order valence-electron chi connectivity index (χ1n) is 11.2. The van der Waals surface area contributed by atoms with E-state index in [2.05, 4.69) is 10.2 Å². The third-order valence-corrected chi connectivity index (χ3v) is 6.34. The van der Waals surface area contributed by atoms with Gasteiger partial charge in [0, 0.05) is 32.7 Å². The number of carbonyl (C=O) groups excluding carboxylic acids is 1. The highest BCUT2D eigenvalue weighted by Crippen LogP contribution is 2.30. The largest absolute Gasteiger partial charge is 0.457 e. The van der Waals surface area contributed by atoms with Gasteiger partial charge < -0.3 is 19.7 Å². The van der Waals surface area contributed by atoms with Crippen molar-refractivity contribution < 1.29 is 14.3 Å². The van der Waals surface area contributed by atoms with Crippen molar-refractivity contribution in [2.45, 2.75) is 6.54 Å². The zero-order valence-corrected chi connectivity index (χ0v) is 20.3. The minimum absolute atomic E-state index is 0.244. The molecule has 1 heterocycles. The number of anilines is 1. The monoisotopic (exact) mass is 499 g/mol. The van der Waals surface area contributed by atoms with Gasteiger partial charge in [0.05, 0.1) is 28.9 Å². The van der Waals surface area contributed by atoms with Gasteiger partial charge in [-0.25, -0.2) is 4.79 Å². The molecule has 0 bridgehead atoms. The minimum atomic E-state index is -0.244. The molecule has 0 saturated carbocycles. The van der Waals surface area contributed by atoms with E-state index < -0.39 is 0 Å². The van der Waals surface area contributed by atoms with Crippen LogP contribution in [0.15, 0.2) is 72.8 Å². The van der Waals surface area contributed by atoms with Crippen LogP contribution in [0.5, 0.6) is 11.5 Å². The molecule has 0 aliphatic carbocycles. The second-order valence-electron chi connectivity index (χ2n) is 7.97. The highest BCUT2D eigenvalue weighted by atomic mass is 35.5. The van der Waals surface area contributed by atoms with E-state index in [1.807, 2.05) is 54.6 Å². The van der Waals surface area contributed by atoms with E-state index >= 15 is 0 Å². The van der Waals surface area contributed by atoms with Crippen LogP contribution in [-0.4, -0.2) is 55.2 Å².